The molecule has 0 saturated heterocycles. The molecular formula is C10H20N2O. The highest BCUT2D eigenvalue weighted by molar-refractivity contribution is 5.80. The van der Waals surface area contributed by atoms with E-state index in [-0.39, 0.29) is 23.4 Å². The van der Waals surface area contributed by atoms with Crippen LogP contribution in [0, 0.1) is 5.92 Å². The predicted molar refractivity (Wildman–Crippen MR) is 53.2 cm³/mol. The van der Waals surface area contributed by atoms with Crippen molar-refractivity contribution in [2.45, 2.75) is 51.6 Å². The van der Waals surface area contributed by atoms with Crippen molar-refractivity contribution in [3.05, 3.63) is 0 Å². The topological polar surface area (TPSA) is 55.1 Å². The van der Waals surface area contributed by atoms with Crippen molar-refractivity contribution in [1.29, 1.82) is 0 Å². The number of carbonyl (C=O) groups excluding carboxylic acids is 1. The largest absolute Gasteiger partial charge is 0.351 e. The Kier molecular flexibility index (Phi) is 2.96. The van der Waals surface area contributed by atoms with Crippen molar-refractivity contribution < 1.29 is 4.79 Å². The molecule has 1 aliphatic carbocycles. The summed E-state index contributed by atoms with van der Waals surface area (Å²) in [6.45, 7) is 5.97. The molecule has 76 valence electrons. The number of hydrogen-bond acceptors (Lipinski definition) is 2. The maximum Gasteiger partial charge on any atom is 0.225 e. The second kappa shape index (κ2) is 3.66. The van der Waals surface area contributed by atoms with Crippen molar-refractivity contribution >= 4 is 5.91 Å². The Morgan fingerprint density at radius 3 is 2.38 bits per heavy atom. The van der Waals surface area contributed by atoms with E-state index in [2.05, 4.69) is 5.32 Å². The third-order valence-electron chi connectivity index (χ3n) is 2.40. The summed E-state index contributed by atoms with van der Waals surface area (Å²) in [5.41, 5.74) is 5.70. The molecule has 2 atom stereocenters. The van der Waals surface area contributed by atoms with Gasteiger partial charge < -0.3 is 11.1 Å². The van der Waals surface area contributed by atoms with Gasteiger partial charge in [0.15, 0.2) is 0 Å². The van der Waals surface area contributed by atoms with Gasteiger partial charge in [0.2, 0.25) is 5.91 Å². The second-order valence-corrected chi connectivity index (χ2v) is 4.94. The standard InChI is InChI=1S/C10H20N2O/c1-10(2,3)12-9(13)7-5-4-6-8(7)11/h7-8H,4-6,11H2,1-3H3,(H,12,13)/t7-,8-/m1/s1. The van der Waals surface area contributed by atoms with E-state index in [4.69, 9.17) is 5.73 Å². The summed E-state index contributed by atoms with van der Waals surface area (Å²) in [5, 5.41) is 2.97. The van der Waals surface area contributed by atoms with Gasteiger partial charge in [0.1, 0.15) is 0 Å². The molecule has 0 heterocycles. The van der Waals surface area contributed by atoms with Crippen LogP contribution in [0.4, 0.5) is 0 Å². The molecule has 3 heteroatoms. The predicted octanol–water partition coefficient (Wildman–Crippen LogP) is 1.03. The zero-order chi connectivity index (χ0) is 10.1. The van der Waals surface area contributed by atoms with Gasteiger partial charge in [-0.25, -0.2) is 0 Å². The van der Waals surface area contributed by atoms with Gasteiger partial charge in [-0.3, -0.25) is 4.79 Å². The van der Waals surface area contributed by atoms with Gasteiger partial charge >= 0.3 is 0 Å². The third kappa shape index (κ3) is 2.99. The van der Waals surface area contributed by atoms with Crippen LogP contribution in [0.1, 0.15) is 40.0 Å². The smallest absolute Gasteiger partial charge is 0.225 e. The highest BCUT2D eigenvalue weighted by atomic mass is 16.2. The van der Waals surface area contributed by atoms with Gasteiger partial charge in [0.25, 0.3) is 0 Å². The van der Waals surface area contributed by atoms with Crippen molar-refractivity contribution in [2.75, 3.05) is 0 Å². The molecule has 0 aliphatic heterocycles. The van der Waals surface area contributed by atoms with Crippen molar-refractivity contribution in [3.8, 4) is 0 Å². The molecule has 13 heavy (non-hydrogen) atoms. The summed E-state index contributed by atoms with van der Waals surface area (Å²) in [7, 11) is 0. The quantitative estimate of drug-likeness (QED) is 0.639. The first-order chi connectivity index (χ1) is 5.90. The van der Waals surface area contributed by atoms with Crippen molar-refractivity contribution in [1.82, 2.24) is 5.32 Å². The summed E-state index contributed by atoms with van der Waals surface area (Å²) in [5.74, 6) is 0.164. The van der Waals surface area contributed by atoms with Crippen LogP contribution in [0.3, 0.4) is 0 Å². The highest BCUT2D eigenvalue weighted by Crippen LogP contribution is 2.24. The average molecular weight is 184 g/mol. The summed E-state index contributed by atoms with van der Waals surface area (Å²) in [6, 6.07) is 0.0716. The number of nitrogens with two attached hydrogens (primary N) is 1. The van der Waals surface area contributed by atoms with Gasteiger partial charge in [-0.1, -0.05) is 6.42 Å². The molecule has 0 radical (unpaired) electrons. The van der Waals surface area contributed by atoms with Crippen LogP contribution in [0.25, 0.3) is 0 Å². The molecule has 0 unspecified atom stereocenters. The van der Waals surface area contributed by atoms with E-state index >= 15 is 0 Å². The summed E-state index contributed by atoms with van der Waals surface area (Å²) >= 11 is 0. The Bertz CT molecular complexity index is 196. The van der Waals surface area contributed by atoms with Gasteiger partial charge in [-0.15, -0.1) is 0 Å². The molecule has 3 nitrogen and oxygen atoms in total. The SMILES string of the molecule is CC(C)(C)NC(=O)[C@@H]1CCC[C@H]1N. The second-order valence-electron chi connectivity index (χ2n) is 4.94. The van der Waals surface area contributed by atoms with Crippen LogP contribution in [-0.2, 0) is 4.79 Å². The van der Waals surface area contributed by atoms with Gasteiger partial charge in [-0.05, 0) is 33.6 Å². The summed E-state index contributed by atoms with van der Waals surface area (Å²) in [4.78, 5) is 11.7. The number of nitrogens with one attached hydrogen (secondary N) is 1. The molecule has 1 amide bonds. The first kappa shape index (κ1) is 10.5. The fourth-order valence-electron chi connectivity index (χ4n) is 1.78. The minimum atomic E-state index is -0.139. The first-order valence-corrected chi connectivity index (χ1v) is 4.98. The van der Waals surface area contributed by atoms with Gasteiger partial charge in [0, 0.05) is 11.6 Å². The molecule has 1 aliphatic rings. The highest BCUT2D eigenvalue weighted by Gasteiger charge is 2.31. The molecule has 1 fully saturated rings. The van der Waals surface area contributed by atoms with Gasteiger partial charge in [-0.2, -0.15) is 0 Å². The van der Waals surface area contributed by atoms with E-state index < -0.39 is 0 Å². The Labute approximate surface area is 80.1 Å². The maximum atomic E-state index is 11.7. The number of carbonyl (C=O) groups is 1. The zero-order valence-corrected chi connectivity index (χ0v) is 8.76. The fraction of sp³-hybridized carbons (Fsp3) is 0.900. The molecule has 1 rings (SSSR count). The molecule has 0 spiro atoms. The molecule has 0 bridgehead atoms. The van der Waals surface area contributed by atoms with Crippen LogP contribution >= 0.6 is 0 Å². The molecule has 3 N–H and O–H groups in total. The summed E-state index contributed by atoms with van der Waals surface area (Å²) < 4.78 is 0. The monoisotopic (exact) mass is 184 g/mol. The summed E-state index contributed by atoms with van der Waals surface area (Å²) in [6.07, 6.45) is 3.02. The van der Waals surface area contributed by atoms with Crippen molar-refractivity contribution in [3.63, 3.8) is 0 Å². The number of amides is 1. The van der Waals surface area contributed by atoms with Crippen LogP contribution in [-0.4, -0.2) is 17.5 Å². The minimum absolute atomic E-state index is 0.0409. The van der Waals surface area contributed by atoms with Crippen LogP contribution in [0.2, 0.25) is 0 Å². The van der Waals surface area contributed by atoms with E-state index in [0.717, 1.165) is 19.3 Å². The Morgan fingerprint density at radius 1 is 1.38 bits per heavy atom. The number of rotatable bonds is 1. The molecular weight excluding hydrogens is 164 g/mol. The molecule has 1 saturated carbocycles. The lowest BCUT2D eigenvalue weighted by atomic mass is 10.0. The van der Waals surface area contributed by atoms with Crippen molar-refractivity contribution in [2.24, 2.45) is 11.7 Å². The zero-order valence-electron chi connectivity index (χ0n) is 8.76. The number of hydrogen-bond donors (Lipinski definition) is 2. The Hall–Kier alpha value is -0.570. The Morgan fingerprint density at radius 2 is 2.00 bits per heavy atom. The molecule has 0 aromatic heterocycles. The third-order valence-corrected chi connectivity index (χ3v) is 2.40. The van der Waals surface area contributed by atoms with Crippen LogP contribution in [0.15, 0.2) is 0 Å². The molecule has 0 aromatic carbocycles. The normalized spacial score (nSPS) is 28.9. The van der Waals surface area contributed by atoms with Gasteiger partial charge in [0.05, 0.1) is 5.92 Å². The Balaban J connectivity index is 2.48. The molecule has 0 aromatic rings. The fourth-order valence-corrected chi connectivity index (χ4v) is 1.78. The van der Waals surface area contributed by atoms with E-state index in [1.165, 1.54) is 0 Å². The van der Waals surface area contributed by atoms with E-state index in [9.17, 15) is 4.79 Å². The van der Waals surface area contributed by atoms with E-state index in [1.807, 2.05) is 20.8 Å². The first-order valence-electron chi connectivity index (χ1n) is 4.98. The van der Waals surface area contributed by atoms with E-state index in [1.54, 1.807) is 0 Å². The lowest BCUT2D eigenvalue weighted by Crippen LogP contribution is -2.47. The van der Waals surface area contributed by atoms with Crippen LogP contribution < -0.4 is 11.1 Å². The average Bonchev–Trinajstić information content (AvgIpc) is 2.30. The van der Waals surface area contributed by atoms with Crippen LogP contribution in [0.5, 0.6) is 0 Å². The maximum absolute atomic E-state index is 11.7. The van der Waals surface area contributed by atoms with E-state index in [0.29, 0.717) is 0 Å². The lowest BCUT2D eigenvalue weighted by Gasteiger charge is -2.24. The lowest BCUT2D eigenvalue weighted by molar-refractivity contribution is -0.126. The minimum Gasteiger partial charge on any atom is -0.351 e.